The van der Waals surface area contributed by atoms with E-state index in [1.807, 2.05) is 6.92 Å². The van der Waals surface area contributed by atoms with Gasteiger partial charge >= 0.3 is 6.03 Å². The zero-order valence-electron chi connectivity index (χ0n) is 4.27. The van der Waals surface area contributed by atoms with Gasteiger partial charge in [-0.3, -0.25) is 0 Å². The van der Waals surface area contributed by atoms with Crippen LogP contribution in [0.25, 0.3) is 0 Å². The van der Waals surface area contributed by atoms with E-state index in [9.17, 15) is 4.79 Å². The average molecular weight is 100 g/mol. The van der Waals surface area contributed by atoms with Crippen molar-refractivity contribution in [3.8, 4) is 0 Å². The van der Waals surface area contributed by atoms with Crippen molar-refractivity contribution in [2.75, 3.05) is 6.54 Å². The monoisotopic (exact) mass is 100 g/mol. The maximum atomic E-state index is 10.1. The van der Waals surface area contributed by atoms with Crippen molar-refractivity contribution >= 4 is 12.7 Å². The topological polar surface area (TPSA) is 41.5 Å². The summed E-state index contributed by atoms with van der Waals surface area (Å²) in [6, 6.07) is -0.359. The van der Waals surface area contributed by atoms with Gasteiger partial charge in [0.25, 0.3) is 0 Å². The summed E-state index contributed by atoms with van der Waals surface area (Å²) in [6.45, 7) is 5.45. The lowest BCUT2D eigenvalue weighted by atomic mass is 10.7. The second kappa shape index (κ2) is 3.33. The van der Waals surface area contributed by atoms with Crippen LogP contribution < -0.4 is 5.32 Å². The molecular formula is C4H8N2O. The number of amides is 2. The van der Waals surface area contributed by atoms with Gasteiger partial charge < -0.3 is 5.32 Å². The Labute approximate surface area is 42.4 Å². The van der Waals surface area contributed by atoms with Crippen LogP contribution in [0, 0.1) is 0 Å². The van der Waals surface area contributed by atoms with Crippen molar-refractivity contribution in [3.05, 3.63) is 0 Å². The van der Waals surface area contributed by atoms with Crippen molar-refractivity contribution < 1.29 is 4.79 Å². The summed E-state index contributed by atoms with van der Waals surface area (Å²) >= 11 is 0. The van der Waals surface area contributed by atoms with Crippen LogP contribution in [0.5, 0.6) is 0 Å². The second-order valence-electron chi connectivity index (χ2n) is 0.994. The van der Waals surface area contributed by atoms with Crippen molar-refractivity contribution in [1.82, 2.24) is 5.32 Å². The van der Waals surface area contributed by atoms with E-state index in [4.69, 9.17) is 0 Å². The Morgan fingerprint density at radius 1 is 2.00 bits per heavy atom. The summed E-state index contributed by atoms with van der Waals surface area (Å²) in [4.78, 5) is 13.1. The molecule has 0 saturated carbocycles. The third-order valence-electron chi connectivity index (χ3n) is 0.472. The van der Waals surface area contributed by atoms with E-state index in [1.165, 1.54) is 0 Å². The van der Waals surface area contributed by atoms with Crippen LogP contribution in [-0.2, 0) is 0 Å². The molecule has 3 heteroatoms. The predicted molar refractivity (Wildman–Crippen MR) is 28.6 cm³/mol. The molecule has 2 amide bonds. The number of rotatable bonds is 1. The van der Waals surface area contributed by atoms with E-state index >= 15 is 0 Å². The molecule has 0 atom stereocenters. The molecule has 0 fully saturated rings. The largest absolute Gasteiger partial charge is 0.340 e. The highest BCUT2D eigenvalue weighted by Crippen LogP contribution is 1.65. The molecule has 0 aromatic rings. The standard InChI is InChI=1S/C4H8N2O/c1-3-6-4(7)5-2/h2-3H2,1H3,(H,6,7). The molecule has 0 radical (unpaired) electrons. The fraction of sp³-hybridized carbons (Fsp3) is 0.500. The van der Waals surface area contributed by atoms with Crippen LogP contribution in [0.3, 0.4) is 0 Å². The van der Waals surface area contributed by atoms with E-state index in [-0.39, 0.29) is 6.03 Å². The van der Waals surface area contributed by atoms with E-state index in [1.54, 1.807) is 0 Å². The van der Waals surface area contributed by atoms with Gasteiger partial charge in [-0.25, -0.2) is 9.79 Å². The number of nitrogens with zero attached hydrogens (tertiary/aromatic N) is 1. The maximum Gasteiger partial charge on any atom is 0.340 e. The van der Waals surface area contributed by atoms with Crippen LogP contribution in [0.15, 0.2) is 4.99 Å². The highest BCUT2D eigenvalue weighted by atomic mass is 16.2. The van der Waals surface area contributed by atoms with Crippen LogP contribution >= 0.6 is 0 Å². The molecule has 0 spiro atoms. The van der Waals surface area contributed by atoms with Crippen molar-refractivity contribution in [2.45, 2.75) is 6.92 Å². The summed E-state index contributed by atoms with van der Waals surface area (Å²) in [5, 5.41) is 2.43. The molecular weight excluding hydrogens is 92.1 g/mol. The highest BCUT2D eigenvalue weighted by molar-refractivity contribution is 5.78. The van der Waals surface area contributed by atoms with Crippen LogP contribution in [0.1, 0.15) is 6.92 Å². The Hall–Kier alpha value is -0.860. The molecule has 0 aliphatic carbocycles. The van der Waals surface area contributed by atoms with Gasteiger partial charge in [-0.05, 0) is 13.6 Å². The van der Waals surface area contributed by atoms with Gasteiger partial charge in [0, 0.05) is 6.54 Å². The molecule has 0 aromatic heterocycles. The highest BCUT2D eigenvalue weighted by Gasteiger charge is 1.85. The van der Waals surface area contributed by atoms with Crippen molar-refractivity contribution in [3.63, 3.8) is 0 Å². The van der Waals surface area contributed by atoms with Crippen molar-refractivity contribution in [2.24, 2.45) is 4.99 Å². The van der Waals surface area contributed by atoms with Gasteiger partial charge in [0.15, 0.2) is 0 Å². The van der Waals surface area contributed by atoms with Gasteiger partial charge in [0.05, 0.1) is 0 Å². The quantitative estimate of drug-likeness (QED) is 0.476. The Morgan fingerprint density at radius 3 is 2.71 bits per heavy atom. The summed E-state index contributed by atoms with van der Waals surface area (Å²) in [6.07, 6.45) is 0. The minimum absolute atomic E-state index is 0.359. The molecule has 0 aliphatic rings. The van der Waals surface area contributed by atoms with Gasteiger partial charge in [0.2, 0.25) is 0 Å². The molecule has 7 heavy (non-hydrogen) atoms. The molecule has 40 valence electrons. The number of carbonyl (C=O) groups is 1. The molecule has 0 aromatic carbocycles. The van der Waals surface area contributed by atoms with Crippen molar-refractivity contribution in [1.29, 1.82) is 0 Å². The lowest BCUT2D eigenvalue weighted by Gasteiger charge is -1.89. The summed E-state index contributed by atoms with van der Waals surface area (Å²) in [5.41, 5.74) is 0. The lowest BCUT2D eigenvalue weighted by Crippen LogP contribution is -2.17. The number of hydrogen-bond donors (Lipinski definition) is 1. The fourth-order valence-corrected chi connectivity index (χ4v) is 0.207. The Morgan fingerprint density at radius 2 is 2.57 bits per heavy atom. The van der Waals surface area contributed by atoms with Gasteiger partial charge in [-0.1, -0.05) is 0 Å². The zero-order valence-corrected chi connectivity index (χ0v) is 4.27. The molecule has 0 saturated heterocycles. The first-order valence-corrected chi connectivity index (χ1v) is 2.05. The maximum absolute atomic E-state index is 10.1. The molecule has 0 aliphatic heterocycles. The number of hydrogen-bond acceptors (Lipinski definition) is 1. The van der Waals surface area contributed by atoms with Gasteiger partial charge in [0.1, 0.15) is 0 Å². The molecule has 3 nitrogen and oxygen atoms in total. The number of aliphatic imine (C=N–C) groups is 1. The van der Waals surface area contributed by atoms with E-state index in [2.05, 4.69) is 17.0 Å². The number of nitrogens with one attached hydrogen (secondary N) is 1. The SMILES string of the molecule is C=NC(=O)NCC. The summed E-state index contributed by atoms with van der Waals surface area (Å²) in [5.74, 6) is 0. The van der Waals surface area contributed by atoms with Crippen LogP contribution in [0.4, 0.5) is 4.79 Å². The van der Waals surface area contributed by atoms with E-state index in [0.717, 1.165) is 0 Å². The second-order valence-corrected chi connectivity index (χ2v) is 0.994. The van der Waals surface area contributed by atoms with E-state index in [0.29, 0.717) is 6.54 Å². The minimum Gasteiger partial charge on any atom is -0.337 e. The normalized spacial score (nSPS) is 7.57. The lowest BCUT2D eigenvalue weighted by molar-refractivity contribution is 0.250. The first-order valence-electron chi connectivity index (χ1n) is 2.05. The van der Waals surface area contributed by atoms with Crippen LogP contribution in [0.2, 0.25) is 0 Å². The molecule has 0 heterocycles. The summed E-state index contributed by atoms with van der Waals surface area (Å²) in [7, 11) is 0. The Bertz CT molecular complexity index is 79.8. The molecule has 1 N–H and O–H groups in total. The van der Waals surface area contributed by atoms with Gasteiger partial charge in [-0.15, -0.1) is 0 Å². The third-order valence-corrected chi connectivity index (χ3v) is 0.472. The first-order chi connectivity index (χ1) is 3.31. The minimum atomic E-state index is -0.359. The third kappa shape index (κ3) is 2.96. The number of urea groups is 1. The first kappa shape index (κ1) is 6.14. The number of carbonyl (C=O) groups excluding carboxylic acids is 1. The van der Waals surface area contributed by atoms with Gasteiger partial charge in [-0.2, -0.15) is 0 Å². The molecule has 0 bridgehead atoms. The molecule has 0 unspecified atom stereocenters. The Kier molecular flexibility index (Phi) is 2.92. The summed E-state index contributed by atoms with van der Waals surface area (Å²) < 4.78 is 0. The smallest absolute Gasteiger partial charge is 0.337 e. The molecule has 0 rings (SSSR count). The Balaban J connectivity index is 3.17. The predicted octanol–water partition coefficient (Wildman–Crippen LogP) is 0.417. The fourth-order valence-electron chi connectivity index (χ4n) is 0.207. The zero-order chi connectivity index (χ0) is 5.70. The average Bonchev–Trinajstić information content (AvgIpc) is 1.68. The van der Waals surface area contributed by atoms with Crippen LogP contribution in [-0.4, -0.2) is 19.3 Å². The van der Waals surface area contributed by atoms with E-state index < -0.39 is 0 Å².